The number of primary amides is 1. The molecule has 11 heteroatoms. The smallest absolute Gasteiger partial charge is 0.411 e. The number of β-lactam (4-membered cyclic amide) rings is 1. The lowest BCUT2D eigenvalue weighted by atomic mass is 9.83. The quantitative estimate of drug-likeness (QED) is 0.381. The van der Waals surface area contributed by atoms with Crippen LogP contribution in [0.5, 0.6) is 0 Å². The number of carboxylic acid groups (broad SMARTS) is 1. The van der Waals surface area contributed by atoms with Crippen molar-refractivity contribution in [1.82, 2.24) is 9.47 Å². The molecule has 1 fully saturated rings. The third-order valence-corrected chi connectivity index (χ3v) is 7.60. The van der Waals surface area contributed by atoms with Gasteiger partial charge in [0.15, 0.2) is 0 Å². The molecule has 9 nitrogen and oxygen atoms in total. The zero-order valence-electron chi connectivity index (χ0n) is 15.3. The second kappa shape index (κ2) is 6.33. The molecular formula is C17H18N4O5S2. The molecule has 0 aromatic carbocycles. The number of thiazole rings is 1. The number of imidazole rings is 1. The molecule has 0 aliphatic carbocycles. The van der Waals surface area contributed by atoms with Crippen molar-refractivity contribution < 1.29 is 29.0 Å². The predicted molar refractivity (Wildman–Crippen MR) is 99.3 cm³/mol. The number of amides is 2. The van der Waals surface area contributed by atoms with Gasteiger partial charge in [0.1, 0.15) is 5.69 Å². The minimum atomic E-state index is -1.41. The van der Waals surface area contributed by atoms with Crippen molar-refractivity contribution >= 4 is 51.4 Å². The maximum absolute atomic E-state index is 12.4. The Labute approximate surface area is 168 Å². The number of fused-ring (bicyclic) bond motifs is 2. The molecule has 2 amide bonds. The van der Waals surface area contributed by atoms with Crippen LogP contribution in [0, 0.1) is 12.8 Å². The number of nitrogens with two attached hydrogens (primary N) is 1. The Balaban J connectivity index is 1.87. The van der Waals surface area contributed by atoms with Crippen LogP contribution in [0.25, 0.3) is 10.4 Å². The number of aromatic nitrogens is 2. The molecule has 28 heavy (non-hydrogen) atoms. The van der Waals surface area contributed by atoms with Crippen molar-refractivity contribution in [2.45, 2.75) is 37.4 Å². The Morgan fingerprint density at radius 2 is 2.18 bits per heavy atom. The fourth-order valence-corrected chi connectivity index (χ4v) is 6.32. The molecule has 1 saturated heterocycles. The van der Waals surface area contributed by atoms with Crippen LogP contribution in [0.15, 0.2) is 17.1 Å². The normalized spacial score (nSPS) is 22.6. The van der Waals surface area contributed by atoms with Crippen molar-refractivity contribution in [3.63, 3.8) is 0 Å². The predicted octanol–water partition coefficient (Wildman–Crippen LogP) is -0.682. The van der Waals surface area contributed by atoms with E-state index in [1.807, 2.05) is 13.2 Å². The van der Waals surface area contributed by atoms with Crippen LogP contribution in [0.1, 0.15) is 23.9 Å². The van der Waals surface area contributed by atoms with Crippen LogP contribution < -0.4 is 15.2 Å². The van der Waals surface area contributed by atoms with E-state index in [0.717, 1.165) is 10.5 Å². The highest BCUT2D eigenvalue weighted by Crippen LogP contribution is 2.48. The summed E-state index contributed by atoms with van der Waals surface area (Å²) in [6, 6.07) is -0.988. The van der Waals surface area contributed by atoms with Gasteiger partial charge in [-0.15, -0.1) is 4.57 Å². The minimum Gasteiger partial charge on any atom is -0.543 e. The number of aliphatic hydroxyl groups is 1. The van der Waals surface area contributed by atoms with Crippen LogP contribution >= 0.6 is 23.1 Å². The number of carbonyl (C=O) groups excluding carboxylic acids is 3. The Morgan fingerprint density at radius 1 is 1.50 bits per heavy atom. The second-order valence-electron chi connectivity index (χ2n) is 6.89. The topological polar surface area (TPSA) is 133 Å². The molecule has 2 aliphatic heterocycles. The van der Waals surface area contributed by atoms with Gasteiger partial charge in [-0.25, -0.2) is 4.79 Å². The van der Waals surface area contributed by atoms with Crippen molar-refractivity contribution in [3.8, 4) is 0 Å². The van der Waals surface area contributed by atoms with Crippen LogP contribution in [0.3, 0.4) is 0 Å². The van der Waals surface area contributed by atoms with Crippen molar-refractivity contribution in [2.75, 3.05) is 6.26 Å². The van der Waals surface area contributed by atoms with E-state index in [0.29, 0.717) is 21.9 Å². The fraction of sp³-hybridized carbons (Fsp3) is 0.412. The first-order valence-electron chi connectivity index (χ1n) is 8.54. The molecule has 148 valence electrons. The highest BCUT2D eigenvalue weighted by molar-refractivity contribution is 7.98. The number of carboxylic acids is 1. The highest BCUT2D eigenvalue weighted by atomic mass is 32.2. The lowest BCUT2D eigenvalue weighted by molar-refractivity contribution is -0.515. The van der Waals surface area contributed by atoms with Gasteiger partial charge in [0.05, 0.1) is 34.6 Å². The zero-order valence-corrected chi connectivity index (χ0v) is 17.0. The van der Waals surface area contributed by atoms with Gasteiger partial charge in [-0.05, 0) is 26.5 Å². The highest BCUT2D eigenvalue weighted by Gasteiger charge is 2.56. The standard InChI is InChI=1S/C17H18N4O5S2/c1-6-12(28-15-14(27-3)20(17(18)26)5-19(6)15)8-4-9-10(7(2)22)13(23)21(9)11(8)16(24)25/h5,7,9-10,22H,4H2,1-3H3,(H2-,18,24,25,26)/t7-,9-,10-/m1/s1. The maximum atomic E-state index is 12.4. The first-order chi connectivity index (χ1) is 13.2. The number of rotatable bonds is 4. The molecule has 2 aliphatic rings. The largest absolute Gasteiger partial charge is 0.543 e. The van der Waals surface area contributed by atoms with Crippen LogP contribution in [-0.4, -0.2) is 50.9 Å². The van der Waals surface area contributed by atoms with E-state index in [-0.39, 0.29) is 11.7 Å². The van der Waals surface area contributed by atoms with Gasteiger partial charge < -0.3 is 25.6 Å². The van der Waals surface area contributed by atoms with E-state index in [2.05, 4.69) is 0 Å². The molecule has 0 unspecified atom stereocenters. The van der Waals surface area contributed by atoms with E-state index >= 15 is 0 Å². The molecule has 0 saturated carbocycles. The van der Waals surface area contributed by atoms with Crippen molar-refractivity contribution in [1.29, 1.82) is 0 Å². The number of thioether (sulfide) groups is 1. The van der Waals surface area contributed by atoms with Gasteiger partial charge in [-0.1, -0.05) is 23.1 Å². The van der Waals surface area contributed by atoms with Crippen molar-refractivity contribution in [2.24, 2.45) is 11.7 Å². The number of aryl methyl sites for hydroxylation is 1. The lowest BCUT2D eigenvalue weighted by Gasteiger charge is -2.45. The van der Waals surface area contributed by atoms with E-state index in [9.17, 15) is 24.6 Å². The van der Waals surface area contributed by atoms with E-state index in [1.165, 1.54) is 39.5 Å². The summed E-state index contributed by atoms with van der Waals surface area (Å²) in [5.74, 6) is -2.42. The summed E-state index contributed by atoms with van der Waals surface area (Å²) in [6.45, 7) is 3.35. The first kappa shape index (κ1) is 19.0. The third-order valence-electron chi connectivity index (χ3n) is 5.37. The summed E-state index contributed by atoms with van der Waals surface area (Å²) in [5.41, 5.74) is 6.56. The molecule has 0 radical (unpaired) electrons. The van der Waals surface area contributed by atoms with E-state index in [1.54, 1.807) is 10.7 Å². The molecule has 3 N–H and O–H groups in total. The summed E-state index contributed by atoms with van der Waals surface area (Å²) < 4.78 is 3.14. The number of carbonyl (C=O) groups is 3. The molecule has 0 bridgehead atoms. The summed E-state index contributed by atoms with van der Waals surface area (Å²) in [6.07, 6.45) is 2.88. The van der Waals surface area contributed by atoms with Gasteiger partial charge in [-0.3, -0.25) is 4.79 Å². The Morgan fingerprint density at radius 3 is 2.71 bits per heavy atom. The second-order valence-corrected chi connectivity index (χ2v) is 8.68. The molecule has 4 heterocycles. The number of aliphatic carboxylic acids is 1. The van der Waals surface area contributed by atoms with E-state index < -0.39 is 29.9 Å². The van der Waals surface area contributed by atoms with Gasteiger partial charge in [0.2, 0.25) is 15.8 Å². The minimum absolute atomic E-state index is 0.131. The van der Waals surface area contributed by atoms with Crippen molar-refractivity contribution in [3.05, 3.63) is 22.6 Å². The van der Waals surface area contributed by atoms with Gasteiger partial charge in [0, 0.05) is 5.57 Å². The zero-order chi connectivity index (χ0) is 20.5. The Kier molecular flexibility index (Phi) is 4.28. The van der Waals surface area contributed by atoms with Crippen LogP contribution in [-0.2, 0) is 9.59 Å². The molecule has 0 spiro atoms. The SMILES string of the molecule is CSc1c2sc(C3=C(C(=O)[O-])N4C(=O)[C@H]([C@@H](C)O)[C@H]4C3)c(C)[n+]2cn1C(N)=O. The monoisotopic (exact) mass is 422 g/mol. The average Bonchev–Trinajstić information content (AvgIpc) is 3.23. The number of aliphatic hydroxyl groups excluding tert-OH is 1. The Bertz CT molecular complexity index is 1080. The van der Waals surface area contributed by atoms with Gasteiger partial charge >= 0.3 is 6.03 Å². The molecule has 2 aromatic rings. The number of hydrogen-bond acceptors (Lipinski definition) is 7. The average molecular weight is 422 g/mol. The maximum Gasteiger partial charge on any atom is 0.411 e. The molecule has 4 rings (SSSR count). The number of nitrogens with zero attached hydrogens (tertiary/aromatic N) is 3. The molecular weight excluding hydrogens is 404 g/mol. The third kappa shape index (κ3) is 2.36. The summed E-state index contributed by atoms with van der Waals surface area (Å²) in [4.78, 5) is 38.6. The molecule has 2 aromatic heterocycles. The van der Waals surface area contributed by atoms with E-state index in [4.69, 9.17) is 5.73 Å². The lowest BCUT2D eigenvalue weighted by Crippen LogP contribution is -2.62. The van der Waals surface area contributed by atoms with Crippen LogP contribution in [0.2, 0.25) is 0 Å². The van der Waals surface area contributed by atoms with Crippen LogP contribution in [0.4, 0.5) is 4.79 Å². The fourth-order valence-electron chi connectivity index (χ4n) is 4.12. The summed E-state index contributed by atoms with van der Waals surface area (Å²) in [5, 5.41) is 22.4. The molecule has 3 atom stereocenters. The van der Waals surface area contributed by atoms with Gasteiger partial charge in [0.25, 0.3) is 6.33 Å². The Hall–Kier alpha value is -2.37. The summed E-state index contributed by atoms with van der Waals surface area (Å²) in [7, 11) is 0. The summed E-state index contributed by atoms with van der Waals surface area (Å²) >= 11 is 2.70. The first-order valence-corrected chi connectivity index (χ1v) is 10.6. The number of hydrogen-bond donors (Lipinski definition) is 2. The van der Waals surface area contributed by atoms with Gasteiger partial charge in [-0.2, -0.15) is 4.40 Å².